The third-order valence-corrected chi connectivity index (χ3v) is 1.87. The topological polar surface area (TPSA) is 3.24 Å². The van der Waals surface area contributed by atoms with Crippen molar-refractivity contribution in [2.75, 3.05) is 13.6 Å². The van der Waals surface area contributed by atoms with Gasteiger partial charge in [-0.3, -0.25) is 0 Å². The molecule has 0 amide bonds. The van der Waals surface area contributed by atoms with Gasteiger partial charge in [0.15, 0.2) is 0 Å². The highest BCUT2D eigenvalue weighted by Crippen LogP contribution is 1.89. The summed E-state index contributed by atoms with van der Waals surface area (Å²) >= 11 is 0. The second kappa shape index (κ2) is 10.7. The van der Waals surface area contributed by atoms with Crippen LogP contribution in [-0.2, 0) is 0 Å². The van der Waals surface area contributed by atoms with E-state index in [1.807, 2.05) is 6.08 Å². The van der Waals surface area contributed by atoms with Crippen LogP contribution in [0.15, 0.2) is 12.7 Å². The molecule has 0 heterocycles. The second-order valence-electron chi connectivity index (χ2n) is 3.24. The first kappa shape index (κ1) is 14.2. The molecule has 0 saturated heterocycles. The van der Waals surface area contributed by atoms with Gasteiger partial charge in [0.25, 0.3) is 0 Å². The maximum atomic E-state index is 3.55. The predicted molar refractivity (Wildman–Crippen MR) is 58.5 cm³/mol. The van der Waals surface area contributed by atoms with E-state index in [1.165, 1.54) is 6.42 Å². The van der Waals surface area contributed by atoms with Crippen LogP contribution in [0.25, 0.3) is 0 Å². The van der Waals surface area contributed by atoms with Gasteiger partial charge in [-0.1, -0.05) is 26.3 Å². The van der Waals surface area contributed by atoms with Gasteiger partial charge in [-0.25, -0.2) is 0 Å². The molecule has 12 heavy (non-hydrogen) atoms. The lowest BCUT2D eigenvalue weighted by Gasteiger charge is -2.17. The molecule has 0 saturated carbocycles. The zero-order valence-electron chi connectivity index (χ0n) is 9.43. The minimum Gasteiger partial charge on any atom is -0.304 e. The minimum absolute atomic E-state index is 0.699. The molecule has 1 nitrogen and oxygen atoms in total. The molecule has 0 spiro atoms. The van der Waals surface area contributed by atoms with Crippen LogP contribution >= 0.6 is 0 Å². The maximum absolute atomic E-state index is 3.55. The van der Waals surface area contributed by atoms with Gasteiger partial charge in [0, 0.05) is 6.04 Å². The molecular weight excluding hydrogens is 146 g/mol. The van der Waals surface area contributed by atoms with Gasteiger partial charge in [-0.05, 0) is 33.9 Å². The van der Waals surface area contributed by atoms with Crippen molar-refractivity contribution in [3.63, 3.8) is 0 Å². The zero-order chi connectivity index (χ0) is 9.98. The van der Waals surface area contributed by atoms with Gasteiger partial charge < -0.3 is 4.90 Å². The van der Waals surface area contributed by atoms with Gasteiger partial charge in [-0.2, -0.15) is 0 Å². The molecule has 0 rings (SSSR count). The monoisotopic (exact) mass is 171 g/mol. The first-order valence-electron chi connectivity index (χ1n) is 4.91. The SMILES string of the molecule is C=CCCC.CCN(C)C(C)C. The van der Waals surface area contributed by atoms with E-state index >= 15 is 0 Å². The van der Waals surface area contributed by atoms with E-state index in [0.717, 1.165) is 13.0 Å². The van der Waals surface area contributed by atoms with Crippen molar-refractivity contribution in [2.45, 2.75) is 46.6 Å². The molecule has 0 aliphatic heterocycles. The van der Waals surface area contributed by atoms with Crippen LogP contribution in [0.1, 0.15) is 40.5 Å². The van der Waals surface area contributed by atoms with Gasteiger partial charge in [0.05, 0.1) is 0 Å². The first-order chi connectivity index (χ1) is 5.59. The molecule has 0 aromatic rings. The van der Waals surface area contributed by atoms with Crippen molar-refractivity contribution in [2.24, 2.45) is 0 Å². The smallest absolute Gasteiger partial charge is 0.00354 e. The van der Waals surface area contributed by atoms with E-state index in [4.69, 9.17) is 0 Å². The summed E-state index contributed by atoms with van der Waals surface area (Å²) in [6.07, 6.45) is 4.31. The summed E-state index contributed by atoms with van der Waals surface area (Å²) in [6, 6.07) is 0.699. The van der Waals surface area contributed by atoms with Crippen molar-refractivity contribution >= 4 is 0 Å². The van der Waals surface area contributed by atoms with Crippen LogP contribution in [0.3, 0.4) is 0 Å². The molecule has 0 unspecified atom stereocenters. The van der Waals surface area contributed by atoms with Crippen LogP contribution in [0.4, 0.5) is 0 Å². The quantitative estimate of drug-likeness (QED) is 0.586. The molecule has 0 bridgehead atoms. The number of rotatable bonds is 4. The van der Waals surface area contributed by atoms with Gasteiger partial charge >= 0.3 is 0 Å². The maximum Gasteiger partial charge on any atom is 0.00354 e. The van der Waals surface area contributed by atoms with E-state index in [-0.39, 0.29) is 0 Å². The number of allylic oxidation sites excluding steroid dienone is 1. The average molecular weight is 171 g/mol. The third-order valence-electron chi connectivity index (χ3n) is 1.87. The summed E-state index contributed by atoms with van der Waals surface area (Å²) in [6.45, 7) is 13.4. The number of nitrogens with zero attached hydrogens (tertiary/aromatic N) is 1. The van der Waals surface area contributed by atoms with Gasteiger partial charge in [0.2, 0.25) is 0 Å². The van der Waals surface area contributed by atoms with E-state index in [0.29, 0.717) is 6.04 Å². The Bertz CT molecular complexity index is 87.0. The lowest BCUT2D eigenvalue weighted by atomic mass is 10.3. The molecule has 0 aliphatic rings. The van der Waals surface area contributed by atoms with Gasteiger partial charge in [0.1, 0.15) is 0 Å². The van der Waals surface area contributed by atoms with Crippen molar-refractivity contribution in [3.05, 3.63) is 12.7 Å². The Labute approximate surface area is 78.5 Å². The summed E-state index contributed by atoms with van der Waals surface area (Å²) in [5.74, 6) is 0. The van der Waals surface area contributed by atoms with Crippen molar-refractivity contribution in [3.8, 4) is 0 Å². The fourth-order valence-electron chi connectivity index (χ4n) is 0.569. The summed E-state index contributed by atoms with van der Waals surface area (Å²) in [7, 11) is 2.13. The Morgan fingerprint density at radius 2 is 1.83 bits per heavy atom. The molecule has 74 valence electrons. The highest BCUT2D eigenvalue weighted by molar-refractivity contribution is 4.63. The molecular formula is C11H25N. The molecule has 0 radical (unpaired) electrons. The van der Waals surface area contributed by atoms with E-state index in [2.05, 4.69) is 46.2 Å². The highest BCUT2D eigenvalue weighted by atomic mass is 15.1. The Balaban J connectivity index is 0. The minimum atomic E-state index is 0.699. The van der Waals surface area contributed by atoms with Crippen molar-refractivity contribution in [1.29, 1.82) is 0 Å². The summed E-state index contributed by atoms with van der Waals surface area (Å²) in [5.41, 5.74) is 0. The standard InChI is InChI=1S/C6H15N.C5H10/c1-5-7(4)6(2)3;1-3-5-4-2/h6H,5H2,1-4H3;3H,1,4-5H2,2H3. The molecule has 0 N–H and O–H groups in total. The Kier molecular flexibility index (Phi) is 12.7. The fourth-order valence-corrected chi connectivity index (χ4v) is 0.569. The van der Waals surface area contributed by atoms with Crippen LogP contribution in [0, 0.1) is 0 Å². The average Bonchev–Trinajstić information content (AvgIpc) is 2.05. The molecule has 1 heteroatoms. The van der Waals surface area contributed by atoms with E-state index < -0.39 is 0 Å². The Morgan fingerprint density at radius 3 is 1.83 bits per heavy atom. The summed E-state index contributed by atoms with van der Waals surface area (Å²) in [5, 5.41) is 0. The normalized spacial score (nSPS) is 9.58. The highest BCUT2D eigenvalue weighted by Gasteiger charge is 1.95. The Morgan fingerprint density at radius 1 is 1.33 bits per heavy atom. The Hall–Kier alpha value is -0.300. The molecule has 0 aromatic heterocycles. The van der Waals surface area contributed by atoms with Crippen LogP contribution in [0.2, 0.25) is 0 Å². The van der Waals surface area contributed by atoms with Gasteiger partial charge in [-0.15, -0.1) is 6.58 Å². The summed E-state index contributed by atoms with van der Waals surface area (Å²) in [4.78, 5) is 2.29. The predicted octanol–water partition coefficient (Wildman–Crippen LogP) is 3.32. The summed E-state index contributed by atoms with van der Waals surface area (Å²) < 4.78 is 0. The number of hydrogen-bond acceptors (Lipinski definition) is 1. The second-order valence-corrected chi connectivity index (χ2v) is 3.24. The molecule has 0 aromatic carbocycles. The number of hydrogen-bond donors (Lipinski definition) is 0. The van der Waals surface area contributed by atoms with Crippen molar-refractivity contribution in [1.82, 2.24) is 4.90 Å². The molecule has 0 atom stereocenters. The van der Waals surface area contributed by atoms with Crippen LogP contribution in [-0.4, -0.2) is 24.5 Å². The molecule has 0 fully saturated rings. The van der Waals surface area contributed by atoms with Crippen LogP contribution < -0.4 is 0 Å². The van der Waals surface area contributed by atoms with Crippen molar-refractivity contribution < 1.29 is 0 Å². The largest absolute Gasteiger partial charge is 0.304 e. The van der Waals surface area contributed by atoms with E-state index in [1.54, 1.807) is 0 Å². The number of unbranched alkanes of at least 4 members (excludes halogenated alkanes) is 1. The lowest BCUT2D eigenvalue weighted by Crippen LogP contribution is -2.25. The lowest BCUT2D eigenvalue weighted by molar-refractivity contribution is 0.289. The molecule has 0 aliphatic carbocycles. The van der Waals surface area contributed by atoms with E-state index in [9.17, 15) is 0 Å². The zero-order valence-corrected chi connectivity index (χ0v) is 9.43. The fraction of sp³-hybridized carbons (Fsp3) is 0.818. The van der Waals surface area contributed by atoms with Crippen LogP contribution in [0.5, 0.6) is 0 Å². The first-order valence-corrected chi connectivity index (χ1v) is 4.91. The third kappa shape index (κ3) is 12.4.